The third kappa shape index (κ3) is 5.58. The molecule has 5 heteroatoms. The summed E-state index contributed by atoms with van der Waals surface area (Å²) in [6.07, 6.45) is -0.529. The molecule has 0 aliphatic carbocycles. The molecule has 0 heterocycles. The van der Waals surface area contributed by atoms with Crippen LogP contribution in [0.5, 0.6) is 0 Å². The van der Waals surface area contributed by atoms with E-state index in [1.807, 2.05) is 30.3 Å². The second kappa shape index (κ2) is 7.96. The van der Waals surface area contributed by atoms with Gasteiger partial charge in [0.1, 0.15) is 0 Å². The molecule has 0 saturated heterocycles. The number of carbonyl (C=O) groups is 1. The van der Waals surface area contributed by atoms with E-state index in [2.05, 4.69) is 10.1 Å². The van der Waals surface area contributed by atoms with Crippen LogP contribution < -0.4 is 5.32 Å². The Bertz CT molecular complexity index is 305. The largest absolute Gasteiger partial charge is 0.433 e. The number of carbonyl (C=O) groups excluding carboxylic acids is 1. The lowest BCUT2D eigenvalue weighted by Crippen LogP contribution is -2.27. The van der Waals surface area contributed by atoms with E-state index in [4.69, 9.17) is 16.3 Å². The van der Waals surface area contributed by atoms with Gasteiger partial charge in [0.2, 0.25) is 0 Å². The van der Waals surface area contributed by atoms with Crippen LogP contribution in [0.1, 0.15) is 5.56 Å². The van der Waals surface area contributed by atoms with Gasteiger partial charge in [-0.3, -0.25) is 0 Å². The van der Waals surface area contributed by atoms with Gasteiger partial charge in [-0.1, -0.05) is 41.9 Å². The van der Waals surface area contributed by atoms with E-state index in [9.17, 15) is 4.79 Å². The molecule has 0 saturated carbocycles. The molecule has 1 aromatic carbocycles. The fraction of sp³-hybridized carbons (Fsp3) is 0.364. The van der Waals surface area contributed by atoms with Crippen LogP contribution in [0.3, 0.4) is 0 Å². The van der Waals surface area contributed by atoms with Crippen molar-refractivity contribution in [1.29, 1.82) is 0 Å². The summed E-state index contributed by atoms with van der Waals surface area (Å²) in [4.78, 5) is 10.8. The van der Waals surface area contributed by atoms with Gasteiger partial charge in [0.25, 0.3) is 0 Å². The van der Waals surface area contributed by atoms with Crippen molar-refractivity contribution in [3.63, 3.8) is 0 Å². The highest BCUT2D eigenvalue weighted by atomic mass is 35.5. The number of benzene rings is 1. The van der Waals surface area contributed by atoms with E-state index in [0.717, 1.165) is 5.56 Å². The maximum absolute atomic E-state index is 10.8. The summed E-state index contributed by atoms with van der Waals surface area (Å²) >= 11 is 5.20. The first kappa shape index (κ1) is 12.8. The molecular weight excluding hydrogens is 230 g/mol. The standard InChI is InChI=1S/C11H14ClNO3/c12-9-16-11(14)13-6-7-15-8-10-4-2-1-3-5-10/h1-5H,6-9H2,(H,13,14). The van der Waals surface area contributed by atoms with Gasteiger partial charge >= 0.3 is 6.09 Å². The normalized spacial score (nSPS) is 9.81. The Morgan fingerprint density at radius 3 is 2.75 bits per heavy atom. The van der Waals surface area contributed by atoms with Crippen molar-refractivity contribution in [3.8, 4) is 0 Å². The molecule has 0 unspecified atom stereocenters. The Hall–Kier alpha value is -1.26. The van der Waals surface area contributed by atoms with Crippen molar-refractivity contribution in [2.75, 3.05) is 19.2 Å². The van der Waals surface area contributed by atoms with Gasteiger partial charge in [0.05, 0.1) is 13.2 Å². The smallest absolute Gasteiger partial charge is 0.408 e. The van der Waals surface area contributed by atoms with E-state index < -0.39 is 6.09 Å². The molecule has 0 fully saturated rings. The minimum Gasteiger partial charge on any atom is -0.433 e. The summed E-state index contributed by atoms with van der Waals surface area (Å²) in [5.74, 6) is 0. The highest BCUT2D eigenvalue weighted by Crippen LogP contribution is 1.99. The third-order valence-corrected chi connectivity index (χ3v) is 1.92. The van der Waals surface area contributed by atoms with Gasteiger partial charge in [-0.15, -0.1) is 0 Å². The molecule has 1 amide bonds. The molecule has 0 aromatic heterocycles. The SMILES string of the molecule is O=C(NCCOCc1ccccc1)OCCl. The highest BCUT2D eigenvalue weighted by Gasteiger charge is 1.98. The second-order valence-corrected chi connectivity index (χ2v) is 3.22. The average Bonchev–Trinajstić information content (AvgIpc) is 2.30. The van der Waals surface area contributed by atoms with E-state index in [-0.39, 0.29) is 6.07 Å². The summed E-state index contributed by atoms with van der Waals surface area (Å²) in [7, 11) is 0. The third-order valence-electron chi connectivity index (χ3n) is 1.81. The van der Waals surface area contributed by atoms with Crippen molar-refractivity contribution in [2.45, 2.75) is 6.61 Å². The van der Waals surface area contributed by atoms with Gasteiger partial charge < -0.3 is 14.8 Å². The number of rotatable bonds is 6. The number of alkyl halides is 1. The number of ether oxygens (including phenoxy) is 2. The van der Waals surface area contributed by atoms with Gasteiger partial charge in [0, 0.05) is 6.54 Å². The summed E-state index contributed by atoms with van der Waals surface area (Å²) in [6.45, 7) is 1.38. The fourth-order valence-corrected chi connectivity index (χ4v) is 1.19. The lowest BCUT2D eigenvalue weighted by atomic mass is 10.2. The second-order valence-electron chi connectivity index (χ2n) is 3.01. The maximum atomic E-state index is 10.8. The van der Waals surface area contributed by atoms with E-state index in [0.29, 0.717) is 19.8 Å². The molecule has 0 atom stereocenters. The first-order chi connectivity index (χ1) is 7.83. The molecule has 1 aromatic rings. The van der Waals surface area contributed by atoms with Gasteiger partial charge in [-0.2, -0.15) is 0 Å². The molecule has 0 aliphatic rings. The van der Waals surface area contributed by atoms with Crippen LogP contribution in [0.2, 0.25) is 0 Å². The first-order valence-electron chi connectivity index (χ1n) is 4.91. The summed E-state index contributed by atoms with van der Waals surface area (Å²) in [5, 5.41) is 2.50. The Morgan fingerprint density at radius 1 is 1.31 bits per heavy atom. The van der Waals surface area contributed by atoms with Crippen LogP contribution in [-0.4, -0.2) is 25.3 Å². The first-order valence-corrected chi connectivity index (χ1v) is 5.44. The number of amides is 1. The zero-order valence-corrected chi connectivity index (χ0v) is 9.57. The topological polar surface area (TPSA) is 47.6 Å². The minimum atomic E-state index is -0.529. The van der Waals surface area contributed by atoms with E-state index in [1.54, 1.807) is 0 Å². The van der Waals surface area contributed by atoms with Crippen LogP contribution in [0, 0.1) is 0 Å². The molecule has 0 aliphatic heterocycles. The van der Waals surface area contributed by atoms with Crippen molar-refractivity contribution >= 4 is 17.7 Å². The Labute approximate surface area is 99.5 Å². The Kier molecular flexibility index (Phi) is 6.37. The number of hydrogen-bond donors (Lipinski definition) is 1. The van der Waals surface area contributed by atoms with Crippen LogP contribution in [-0.2, 0) is 16.1 Å². The van der Waals surface area contributed by atoms with Gasteiger partial charge in [-0.25, -0.2) is 4.79 Å². The Balaban J connectivity index is 2.02. The summed E-state index contributed by atoms with van der Waals surface area (Å²) in [6, 6.07) is 9.68. The quantitative estimate of drug-likeness (QED) is 0.615. The zero-order valence-electron chi connectivity index (χ0n) is 8.82. The maximum Gasteiger partial charge on any atom is 0.408 e. The van der Waals surface area contributed by atoms with Gasteiger partial charge in [0.15, 0.2) is 6.07 Å². The van der Waals surface area contributed by atoms with E-state index >= 15 is 0 Å². The number of halogens is 1. The molecule has 0 spiro atoms. The molecule has 16 heavy (non-hydrogen) atoms. The van der Waals surface area contributed by atoms with Crippen molar-refractivity contribution in [3.05, 3.63) is 35.9 Å². The van der Waals surface area contributed by atoms with Crippen LogP contribution >= 0.6 is 11.6 Å². The number of nitrogens with one attached hydrogen (secondary N) is 1. The minimum absolute atomic E-state index is 0.142. The average molecular weight is 244 g/mol. The van der Waals surface area contributed by atoms with Crippen LogP contribution in [0.15, 0.2) is 30.3 Å². The number of alkyl carbamates (subject to hydrolysis) is 1. The predicted octanol–water partition coefficient (Wildman–Crippen LogP) is 2.13. The lowest BCUT2D eigenvalue weighted by Gasteiger charge is -2.05. The van der Waals surface area contributed by atoms with Crippen LogP contribution in [0.25, 0.3) is 0 Å². The molecule has 88 valence electrons. The molecule has 0 radical (unpaired) electrons. The van der Waals surface area contributed by atoms with Gasteiger partial charge in [-0.05, 0) is 5.56 Å². The highest BCUT2D eigenvalue weighted by molar-refractivity contribution is 6.17. The van der Waals surface area contributed by atoms with Crippen molar-refractivity contribution < 1.29 is 14.3 Å². The lowest BCUT2D eigenvalue weighted by molar-refractivity contribution is 0.117. The molecule has 1 rings (SSSR count). The zero-order chi connectivity index (χ0) is 11.6. The summed E-state index contributed by atoms with van der Waals surface area (Å²) < 4.78 is 9.81. The predicted molar refractivity (Wildman–Crippen MR) is 61.3 cm³/mol. The fourth-order valence-electron chi connectivity index (χ4n) is 1.09. The molecule has 4 nitrogen and oxygen atoms in total. The van der Waals surface area contributed by atoms with Crippen LogP contribution in [0.4, 0.5) is 4.79 Å². The Morgan fingerprint density at radius 2 is 2.06 bits per heavy atom. The van der Waals surface area contributed by atoms with Crippen molar-refractivity contribution in [2.24, 2.45) is 0 Å². The molecular formula is C11H14ClNO3. The van der Waals surface area contributed by atoms with E-state index in [1.165, 1.54) is 0 Å². The molecule has 0 bridgehead atoms. The number of hydrogen-bond acceptors (Lipinski definition) is 3. The monoisotopic (exact) mass is 243 g/mol. The summed E-state index contributed by atoms with van der Waals surface area (Å²) in [5.41, 5.74) is 1.10. The molecule has 1 N–H and O–H groups in total. The van der Waals surface area contributed by atoms with Crippen molar-refractivity contribution in [1.82, 2.24) is 5.32 Å².